The van der Waals surface area contributed by atoms with Gasteiger partial charge >= 0.3 is 12.1 Å². The zero-order chi connectivity index (χ0) is 13.3. The summed E-state index contributed by atoms with van der Waals surface area (Å²) >= 11 is 0. The van der Waals surface area contributed by atoms with E-state index in [-0.39, 0.29) is 5.56 Å². The molecule has 94 valence electrons. The van der Waals surface area contributed by atoms with Crippen LogP contribution in [0.15, 0.2) is 24.3 Å². The van der Waals surface area contributed by atoms with Crippen LogP contribution in [0.5, 0.6) is 0 Å². The molecule has 0 saturated carbocycles. The molecule has 0 amide bonds. The summed E-state index contributed by atoms with van der Waals surface area (Å²) in [6.45, 7) is 0.554. The van der Waals surface area contributed by atoms with Gasteiger partial charge in [-0.1, -0.05) is 29.8 Å². The number of benzene rings is 1. The number of hydrogen-bond acceptors (Lipinski definition) is 2. The Kier molecular flexibility index (Phi) is 3.47. The van der Waals surface area contributed by atoms with Crippen molar-refractivity contribution >= 4 is 5.97 Å². The second-order valence-corrected chi connectivity index (χ2v) is 3.78. The molecule has 0 spiro atoms. The molecule has 6 heteroatoms. The van der Waals surface area contributed by atoms with Gasteiger partial charge in [0, 0.05) is 6.54 Å². The standard InChI is InChI=1S/C11H12F3NO2/c1-7-3-2-4-8(5-7)10(6-15,9(16)17)11(12,13)14/h2-5H,6,15H2,1H3,(H,16,17). The number of nitrogens with two attached hydrogens (primary N) is 1. The van der Waals surface area contributed by atoms with E-state index in [2.05, 4.69) is 0 Å². The first-order valence-electron chi connectivity index (χ1n) is 4.83. The van der Waals surface area contributed by atoms with Crippen molar-refractivity contribution in [1.29, 1.82) is 0 Å². The van der Waals surface area contributed by atoms with Crippen molar-refractivity contribution in [1.82, 2.24) is 0 Å². The highest BCUT2D eigenvalue weighted by atomic mass is 19.4. The fraction of sp³-hybridized carbons (Fsp3) is 0.364. The smallest absolute Gasteiger partial charge is 0.410 e. The van der Waals surface area contributed by atoms with E-state index in [1.165, 1.54) is 12.1 Å². The number of hydrogen-bond donors (Lipinski definition) is 2. The highest BCUT2D eigenvalue weighted by Gasteiger charge is 2.61. The minimum absolute atomic E-state index is 0.347. The Hall–Kier alpha value is -1.56. The molecule has 0 bridgehead atoms. The molecule has 0 radical (unpaired) electrons. The molecule has 0 fully saturated rings. The first-order valence-corrected chi connectivity index (χ1v) is 4.83. The van der Waals surface area contributed by atoms with Crippen LogP contribution in [0.25, 0.3) is 0 Å². The van der Waals surface area contributed by atoms with Gasteiger partial charge in [0.15, 0.2) is 5.41 Å². The lowest BCUT2D eigenvalue weighted by Gasteiger charge is -2.30. The number of halogens is 3. The molecule has 1 unspecified atom stereocenters. The Balaban J connectivity index is 3.49. The van der Waals surface area contributed by atoms with Gasteiger partial charge in [-0.15, -0.1) is 0 Å². The molecule has 1 atom stereocenters. The molecule has 1 rings (SSSR count). The number of aryl methyl sites for hydroxylation is 1. The van der Waals surface area contributed by atoms with Gasteiger partial charge in [0.05, 0.1) is 0 Å². The van der Waals surface area contributed by atoms with Gasteiger partial charge < -0.3 is 10.8 Å². The van der Waals surface area contributed by atoms with Crippen molar-refractivity contribution in [3.63, 3.8) is 0 Å². The topological polar surface area (TPSA) is 63.3 Å². The van der Waals surface area contributed by atoms with Crippen molar-refractivity contribution in [3.05, 3.63) is 35.4 Å². The summed E-state index contributed by atoms with van der Waals surface area (Å²) in [5.41, 5.74) is 2.23. The Morgan fingerprint density at radius 3 is 2.35 bits per heavy atom. The number of rotatable bonds is 3. The lowest BCUT2D eigenvalue weighted by atomic mass is 9.79. The zero-order valence-corrected chi connectivity index (χ0v) is 9.08. The van der Waals surface area contributed by atoms with Crippen LogP contribution < -0.4 is 5.73 Å². The molecule has 17 heavy (non-hydrogen) atoms. The molecular weight excluding hydrogens is 235 g/mol. The van der Waals surface area contributed by atoms with Crippen LogP contribution in [0.2, 0.25) is 0 Å². The van der Waals surface area contributed by atoms with Crippen molar-refractivity contribution in [2.45, 2.75) is 18.5 Å². The van der Waals surface area contributed by atoms with Gasteiger partial charge in [0.2, 0.25) is 0 Å². The predicted octanol–water partition coefficient (Wildman–Crippen LogP) is 1.84. The first-order chi connectivity index (χ1) is 7.75. The summed E-state index contributed by atoms with van der Waals surface area (Å²) in [4.78, 5) is 11.0. The number of carboxylic acid groups (broad SMARTS) is 1. The van der Waals surface area contributed by atoms with Gasteiger partial charge in [0.1, 0.15) is 0 Å². The average molecular weight is 247 g/mol. The van der Waals surface area contributed by atoms with E-state index >= 15 is 0 Å². The third-order valence-electron chi connectivity index (χ3n) is 2.67. The maximum absolute atomic E-state index is 13.0. The molecule has 0 aromatic heterocycles. The predicted molar refractivity (Wildman–Crippen MR) is 55.6 cm³/mol. The van der Waals surface area contributed by atoms with Crippen molar-refractivity contribution in [3.8, 4) is 0 Å². The molecule has 3 N–H and O–H groups in total. The second kappa shape index (κ2) is 4.37. The third-order valence-corrected chi connectivity index (χ3v) is 2.67. The van der Waals surface area contributed by atoms with Crippen LogP contribution in [-0.4, -0.2) is 23.8 Å². The summed E-state index contributed by atoms with van der Waals surface area (Å²) in [6, 6.07) is 5.28. The monoisotopic (exact) mass is 247 g/mol. The summed E-state index contributed by atoms with van der Waals surface area (Å²) in [7, 11) is 0. The number of carboxylic acids is 1. The minimum atomic E-state index is -4.94. The highest BCUT2D eigenvalue weighted by molar-refractivity contribution is 5.83. The van der Waals surface area contributed by atoms with Crippen molar-refractivity contribution in [2.24, 2.45) is 5.73 Å². The lowest BCUT2D eigenvalue weighted by Crippen LogP contribution is -2.54. The fourth-order valence-electron chi connectivity index (χ4n) is 1.64. The van der Waals surface area contributed by atoms with E-state index in [9.17, 15) is 18.0 Å². The van der Waals surface area contributed by atoms with E-state index in [4.69, 9.17) is 10.8 Å². The zero-order valence-electron chi connectivity index (χ0n) is 9.08. The number of alkyl halides is 3. The van der Waals surface area contributed by atoms with Gasteiger partial charge in [-0.05, 0) is 12.5 Å². The van der Waals surface area contributed by atoms with Gasteiger partial charge in [-0.3, -0.25) is 4.79 Å². The third kappa shape index (κ3) is 2.12. The second-order valence-electron chi connectivity index (χ2n) is 3.78. The van der Waals surface area contributed by atoms with Gasteiger partial charge in [-0.25, -0.2) is 0 Å². The molecule has 0 aliphatic heterocycles. The molecule has 0 saturated heterocycles. The largest absolute Gasteiger partial charge is 0.480 e. The van der Waals surface area contributed by atoms with Gasteiger partial charge in [0.25, 0.3) is 0 Å². The SMILES string of the molecule is Cc1cccc(C(CN)(C(=O)O)C(F)(F)F)c1. The maximum Gasteiger partial charge on any atom is 0.410 e. The fourth-order valence-corrected chi connectivity index (χ4v) is 1.64. The summed E-state index contributed by atoms with van der Waals surface area (Å²) in [5.74, 6) is -1.99. The molecule has 0 heterocycles. The van der Waals surface area contributed by atoms with Crippen LogP contribution >= 0.6 is 0 Å². The summed E-state index contributed by atoms with van der Waals surface area (Å²) in [5, 5.41) is 8.90. The molecule has 1 aromatic carbocycles. The van der Waals surface area contributed by atoms with E-state index in [1.807, 2.05) is 0 Å². The highest BCUT2D eigenvalue weighted by Crippen LogP contribution is 2.41. The lowest BCUT2D eigenvalue weighted by molar-refractivity contribution is -0.203. The Morgan fingerprint density at radius 2 is 2.00 bits per heavy atom. The number of carbonyl (C=O) groups is 1. The molecule has 0 aliphatic rings. The summed E-state index contributed by atoms with van der Waals surface area (Å²) in [6.07, 6.45) is -4.94. The van der Waals surface area contributed by atoms with E-state index in [0.717, 1.165) is 6.07 Å². The first kappa shape index (κ1) is 13.5. The van der Waals surface area contributed by atoms with Crippen LogP contribution in [0.4, 0.5) is 13.2 Å². The number of aliphatic carboxylic acids is 1. The van der Waals surface area contributed by atoms with E-state index < -0.39 is 24.1 Å². The molecule has 1 aromatic rings. The quantitative estimate of drug-likeness (QED) is 0.856. The van der Waals surface area contributed by atoms with Crippen molar-refractivity contribution < 1.29 is 23.1 Å². The molecular formula is C11H12F3NO2. The summed E-state index contributed by atoms with van der Waals surface area (Å²) < 4.78 is 38.9. The van der Waals surface area contributed by atoms with E-state index in [0.29, 0.717) is 5.56 Å². The average Bonchev–Trinajstić information content (AvgIpc) is 2.16. The minimum Gasteiger partial charge on any atom is -0.480 e. The van der Waals surface area contributed by atoms with Crippen LogP contribution in [0.1, 0.15) is 11.1 Å². The van der Waals surface area contributed by atoms with Crippen LogP contribution in [-0.2, 0) is 10.2 Å². The normalized spacial score (nSPS) is 15.4. The van der Waals surface area contributed by atoms with Crippen molar-refractivity contribution in [2.75, 3.05) is 6.54 Å². The maximum atomic E-state index is 13.0. The molecule has 3 nitrogen and oxygen atoms in total. The van der Waals surface area contributed by atoms with Gasteiger partial charge in [-0.2, -0.15) is 13.2 Å². The van der Waals surface area contributed by atoms with Crippen LogP contribution in [0, 0.1) is 6.92 Å². The van der Waals surface area contributed by atoms with Crippen LogP contribution in [0.3, 0.4) is 0 Å². The Bertz CT molecular complexity index is 431. The molecule has 0 aliphatic carbocycles. The Morgan fingerprint density at radius 1 is 1.41 bits per heavy atom. The Labute approximate surface area is 96.0 Å². The van der Waals surface area contributed by atoms with E-state index in [1.54, 1.807) is 13.0 Å².